The van der Waals surface area contributed by atoms with E-state index in [1.807, 2.05) is 18.2 Å². The predicted molar refractivity (Wildman–Crippen MR) is 103 cm³/mol. The Kier molecular flexibility index (Phi) is 6.69. The number of anilines is 1. The highest BCUT2D eigenvalue weighted by Gasteiger charge is 2.13. The minimum Gasteiger partial charge on any atom is -0.492 e. The van der Waals surface area contributed by atoms with Gasteiger partial charge in [0.25, 0.3) is 0 Å². The molecule has 0 atom stereocenters. The molecule has 0 aliphatic heterocycles. The summed E-state index contributed by atoms with van der Waals surface area (Å²) >= 11 is 7.03. The van der Waals surface area contributed by atoms with Crippen LogP contribution in [0.25, 0.3) is 0 Å². The lowest BCUT2D eigenvalue weighted by molar-refractivity contribution is 0.0696. The Balaban J connectivity index is 2.26. The van der Waals surface area contributed by atoms with Crippen LogP contribution in [0.2, 0.25) is 0 Å². The second-order valence-corrected chi connectivity index (χ2v) is 7.13. The van der Waals surface area contributed by atoms with Gasteiger partial charge in [-0.25, -0.2) is 4.79 Å². The molecule has 0 saturated heterocycles. The number of nitrogens with one attached hydrogen (secondary N) is 1. The molecular formula is C18H19Br2NO3. The smallest absolute Gasteiger partial charge is 0.336 e. The van der Waals surface area contributed by atoms with Crippen LogP contribution in [0.4, 0.5) is 5.69 Å². The summed E-state index contributed by atoms with van der Waals surface area (Å²) in [5.74, 6) is -0.118. The molecule has 0 heterocycles. The van der Waals surface area contributed by atoms with Gasteiger partial charge in [0.05, 0.1) is 16.6 Å². The summed E-state index contributed by atoms with van der Waals surface area (Å²) in [7, 11) is 0. The molecule has 6 heteroatoms. The van der Waals surface area contributed by atoms with Gasteiger partial charge in [-0.3, -0.25) is 0 Å². The van der Waals surface area contributed by atoms with E-state index in [4.69, 9.17) is 4.74 Å². The molecule has 0 fully saturated rings. The molecular weight excluding hydrogens is 438 g/mol. The Bertz CT molecular complexity index is 747. The fourth-order valence-corrected chi connectivity index (χ4v) is 3.79. The number of carboxylic acid groups (broad SMARTS) is 1. The lowest BCUT2D eigenvalue weighted by atomic mass is 10.1. The average molecular weight is 457 g/mol. The topological polar surface area (TPSA) is 58.6 Å². The van der Waals surface area contributed by atoms with Crippen molar-refractivity contribution in [1.82, 2.24) is 0 Å². The third-order valence-electron chi connectivity index (χ3n) is 3.57. The van der Waals surface area contributed by atoms with Crippen molar-refractivity contribution < 1.29 is 14.6 Å². The summed E-state index contributed by atoms with van der Waals surface area (Å²) in [6.45, 7) is 5.03. The molecule has 0 spiro atoms. The Hall–Kier alpha value is -1.53. The van der Waals surface area contributed by atoms with Crippen molar-refractivity contribution >= 4 is 43.5 Å². The summed E-state index contributed by atoms with van der Waals surface area (Å²) in [5.41, 5.74) is 2.81. The molecule has 4 nitrogen and oxygen atoms in total. The van der Waals surface area contributed by atoms with Gasteiger partial charge >= 0.3 is 5.97 Å². The SMILES string of the molecule is CCCOc1c(Br)cc(Br)cc1CNc1cccc(C(=O)O)c1C. The van der Waals surface area contributed by atoms with Gasteiger partial charge in [-0.1, -0.05) is 28.9 Å². The van der Waals surface area contributed by atoms with Crippen molar-refractivity contribution in [2.45, 2.75) is 26.8 Å². The second-order valence-electron chi connectivity index (χ2n) is 5.36. The summed E-state index contributed by atoms with van der Waals surface area (Å²) in [5, 5.41) is 12.5. The van der Waals surface area contributed by atoms with Crippen molar-refractivity contribution in [1.29, 1.82) is 0 Å². The van der Waals surface area contributed by atoms with Crippen LogP contribution in [0.3, 0.4) is 0 Å². The second kappa shape index (κ2) is 8.53. The number of ether oxygens (including phenoxy) is 1. The molecule has 0 aliphatic carbocycles. The van der Waals surface area contributed by atoms with Crippen LogP contribution in [0.1, 0.15) is 34.8 Å². The maximum Gasteiger partial charge on any atom is 0.336 e. The Morgan fingerprint density at radius 2 is 2.04 bits per heavy atom. The highest BCUT2D eigenvalue weighted by molar-refractivity contribution is 9.11. The number of benzene rings is 2. The van der Waals surface area contributed by atoms with E-state index in [2.05, 4.69) is 44.1 Å². The van der Waals surface area contributed by atoms with Crippen molar-refractivity contribution in [3.8, 4) is 5.75 Å². The molecule has 0 radical (unpaired) electrons. The van der Waals surface area contributed by atoms with Crippen LogP contribution in [-0.2, 0) is 6.54 Å². The fourth-order valence-electron chi connectivity index (χ4n) is 2.36. The highest BCUT2D eigenvalue weighted by atomic mass is 79.9. The molecule has 24 heavy (non-hydrogen) atoms. The van der Waals surface area contributed by atoms with Crippen LogP contribution in [-0.4, -0.2) is 17.7 Å². The van der Waals surface area contributed by atoms with E-state index in [0.29, 0.717) is 18.7 Å². The van der Waals surface area contributed by atoms with Gasteiger partial charge in [0, 0.05) is 22.3 Å². The van der Waals surface area contributed by atoms with Crippen LogP contribution < -0.4 is 10.1 Å². The molecule has 2 aromatic carbocycles. The molecule has 0 aliphatic rings. The number of halogens is 2. The van der Waals surface area contributed by atoms with E-state index in [1.54, 1.807) is 19.1 Å². The first-order valence-electron chi connectivity index (χ1n) is 7.61. The Morgan fingerprint density at radius 1 is 1.29 bits per heavy atom. The lowest BCUT2D eigenvalue weighted by Gasteiger charge is -2.16. The fraction of sp³-hybridized carbons (Fsp3) is 0.278. The van der Waals surface area contributed by atoms with Crippen molar-refractivity contribution in [2.75, 3.05) is 11.9 Å². The zero-order chi connectivity index (χ0) is 17.7. The largest absolute Gasteiger partial charge is 0.492 e. The molecule has 0 unspecified atom stereocenters. The van der Waals surface area contributed by atoms with Gasteiger partial charge < -0.3 is 15.2 Å². The van der Waals surface area contributed by atoms with E-state index >= 15 is 0 Å². The molecule has 2 aromatic rings. The minimum absolute atomic E-state index is 0.304. The van der Waals surface area contributed by atoms with E-state index in [-0.39, 0.29) is 0 Å². The van der Waals surface area contributed by atoms with Crippen LogP contribution in [0.15, 0.2) is 39.3 Å². The molecule has 2 N–H and O–H groups in total. The van der Waals surface area contributed by atoms with Gasteiger partial charge in [-0.05, 0) is 59.1 Å². The Labute approximate surface area is 158 Å². The molecule has 128 valence electrons. The standard InChI is InChI=1S/C18H19Br2NO3/c1-3-7-24-17-12(8-13(19)9-15(17)20)10-21-16-6-4-5-14(11(16)2)18(22)23/h4-6,8-9,21H,3,7,10H2,1-2H3,(H,22,23). The predicted octanol–water partition coefficient (Wildman–Crippen LogP) is 5.62. The quantitative estimate of drug-likeness (QED) is 0.567. The van der Waals surface area contributed by atoms with E-state index in [0.717, 1.165) is 37.9 Å². The van der Waals surface area contributed by atoms with Gasteiger partial charge in [0.2, 0.25) is 0 Å². The summed E-state index contributed by atoms with van der Waals surface area (Å²) in [4.78, 5) is 11.2. The van der Waals surface area contributed by atoms with Crippen molar-refractivity contribution in [3.05, 3.63) is 56.0 Å². The first kappa shape index (κ1) is 18.8. The molecule has 0 aromatic heterocycles. The van der Waals surface area contributed by atoms with Gasteiger partial charge in [-0.2, -0.15) is 0 Å². The third kappa shape index (κ3) is 4.51. The maximum atomic E-state index is 11.2. The number of hydrogen-bond donors (Lipinski definition) is 2. The first-order valence-corrected chi connectivity index (χ1v) is 9.20. The highest BCUT2D eigenvalue weighted by Crippen LogP contribution is 2.34. The molecule has 0 amide bonds. The van der Waals surface area contributed by atoms with Crippen LogP contribution >= 0.6 is 31.9 Å². The first-order chi connectivity index (χ1) is 11.4. The van der Waals surface area contributed by atoms with Crippen molar-refractivity contribution in [3.63, 3.8) is 0 Å². The van der Waals surface area contributed by atoms with Gasteiger partial charge in [-0.15, -0.1) is 0 Å². The summed E-state index contributed by atoms with van der Waals surface area (Å²) in [6, 6.07) is 9.17. The van der Waals surface area contributed by atoms with Crippen molar-refractivity contribution in [2.24, 2.45) is 0 Å². The Morgan fingerprint density at radius 3 is 2.71 bits per heavy atom. The summed E-state index contributed by atoms with van der Waals surface area (Å²) in [6.07, 6.45) is 0.926. The van der Waals surface area contributed by atoms with Gasteiger partial charge in [0.1, 0.15) is 5.75 Å². The molecule has 0 bridgehead atoms. The van der Waals surface area contributed by atoms with E-state index in [9.17, 15) is 9.90 Å². The minimum atomic E-state index is -0.923. The summed E-state index contributed by atoms with van der Waals surface area (Å²) < 4.78 is 7.69. The van der Waals surface area contributed by atoms with E-state index in [1.165, 1.54) is 0 Å². The van der Waals surface area contributed by atoms with Crippen LogP contribution in [0.5, 0.6) is 5.75 Å². The lowest BCUT2D eigenvalue weighted by Crippen LogP contribution is -2.08. The number of hydrogen-bond acceptors (Lipinski definition) is 3. The molecule has 0 saturated carbocycles. The van der Waals surface area contributed by atoms with Crippen LogP contribution in [0, 0.1) is 6.92 Å². The zero-order valence-electron chi connectivity index (χ0n) is 13.5. The number of rotatable bonds is 7. The van der Waals surface area contributed by atoms with Gasteiger partial charge in [0.15, 0.2) is 0 Å². The normalized spacial score (nSPS) is 10.5. The number of carboxylic acids is 1. The monoisotopic (exact) mass is 455 g/mol. The maximum absolute atomic E-state index is 11.2. The number of aromatic carboxylic acids is 1. The number of carbonyl (C=O) groups is 1. The third-order valence-corrected chi connectivity index (χ3v) is 4.62. The van der Waals surface area contributed by atoms with E-state index < -0.39 is 5.97 Å². The average Bonchev–Trinajstić information content (AvgIpc) is 2.52. The zero-order valence-corrected chi connectivity index (χ0v) is 16.7. The molecule has 2 rings (SSSR count).